The number of aliphatic hydroxyl groups excluding tert-OH is 1. The van der Waals surface area contributed by atoms with Crippen molar-refractivity contribution < 1.29 is 36.7 Å². The first-order valence-corrected chi connectivity index (χ1v) is 18.9. The van der Waals surface area contributed by atoms with E-state index in [0.29, 0.717) is 25.9 Å². The van der Waals surface area contributed by atoms with Gasteiger partial charge < -0.3 is 21.1 Å². The fourth-order valence-electron chi connectivity index (χ4n) is 7.66. The summed E-state index contributed by atoms with van der Waals surface area (Å²) in [6.45, 7) is 4.91. The average molecular weight is 678 g/mol. The normalized spacial score (nSPS) is 29.2. The Labute approximate surface area is 273 Å². The lowest BCUT2D eigenvalue weighted by molar-refractivity contribution is -0.141. The summed E-state index contributed by atoms with van der Waals surface area (Å²) in [4.78, 5) is 43.9. The van der Waals surface area contributed by atoms with Crippen molar-refractivity contribution in [3.8, 4) is 0 Å². The van der Waals surface area contributed by atoms with Gasteiger partial charge in [0, 0.05) is 50.9 Å². The lowest BCUT2D eigenvalue weighted by Gasteiger charge is -2.37. The van der Waals surface area contributed by atoms with Gasteiger partial charge in [-0.1, -0.05) is 33.1 Å². The Hall–Kier alpha value is -1.90. The zero-order chi connectivity index (χ0) is 34.0. The summed E-state index contributed by atoms with van der Waals surface area (Å²) < 4.78 is 54.6. The second kappa shape index (κ2) is 18.0. The highest BCUT2D eigenvalue weighted by Gasteiger charge is 2.41. The van der Waals surface area contributed by atoms with Gasteiger partial charge in [0.1, 0.15) is 12.3 Å². The van der Waals surface area contributed by atoms with E-state index in [0.717, 1.165) is 32.1 Å². The number of nitrogens with zero attached hydrogens (tertiary/aromatic N) is 2. The first kappa shape index (κ1) is 38.5. The van der Waals surface area contributed by atoms with Crippen molar-refractivity contribution in [2.45, 2.75) is 133 Å². The topological polar surface area (TPSA) is 162 Å². The molecule has 0 radical (unpaired) electrons. The van der Waals surface area contributed by atoms with Crippen LogP contribution in [0.4, 0.5) is 8.78 Å². The van der Waals surface area contributed by atoms with Crippen molar-refractivity contribution in [3.05, 3.63) is 0 Å². The molecule has 266 valence electrons. The number of hydrazine groups is 1. The molecule has 3 saturated carbocycles. The van der Waals surface area contributed by atoms with Crippen molar-refractivity contribution in [2.24, 2.45) is 29.4 Å². The molecule has 5 N–H and O–H groups in total. The third-order valence-electron chi connectivity index (χ3n) is 9.93. The molecular formula is C32H57F2N5O6S. The van der Waals surface area contributed by atoms with Crippen molar-refractivity contribution in [1.29, 1.82) is 0 Å². The molecule has 0 aromatic rings. The molecule has 0 heterocycles. The number of primary amides is 1. The number of carbonyl (C=O) groups is 3. The number of hydrogen-bond acceptors (Lipinski definition) is 7. The van der Waals surface area contributed by atoms with E-state index >= 15 is 0 Å². The third kappa shape index (κ3) is 11.4. The maximum absolute atomic E-state index is 14.3. The van der Waals surface area contributed by atoms with Gasteiger partial charge in [-0.3, -0.25) is 14.4 Å². The second-order valence-corrected chi connectivity index (χ2v) is 15.9. The summed E-state index contributed by atoms with van der Waals surface area (Å²) in [6, 6.07) is -0.948. The smallest absolute Gasteiger partial charge is 0.227 e. The number of sulfonamides is 1. The minimum absolute atomic E-state index is 0.0894. The molecule has 0 aromatic heterocycles. The molecule has 14 heteroatoms. The van der Waals surface area contributed by atoms with E-state index in [1.165, 1.54) is 12.1 Å². The minimum Gasteiger partial charge on any atom is -0.390 e. The summed E-state index contributed by atoms with van der Waals surface area (Å²) in [5.41, 5.74) is 5.68. The lowest BCUT2D eigenvalue weighted by atomic mass is 9.73. The standard InChI is InChI=1S/C32H57F2N5O6S/c1-4-11-39(12-5-2)32(43)24-17-22(30(35)41)16-23(18-24)31(42)36-28(15-21-13-25(33)19-26(34)14-21)29(40)20-38(3)37-46(44,45)27-9-7-6-8-10-27/h21-29,37,40H,4-20H2,1-3H3,(H2,35,41)(H,36,42). The van der Waals surface area contributed by atoms with Gasteiger partial charge in [0.05, 0.1) is 17.4 Å². The Kier molecular flexibility index (Phi) is 15.1. The Bertz CT molecular complexity index is 1090. The zero-order valence-electron chi connectivity index (χ0n) is 27.8. The Morgan fingerprint density at radius 3 is 2.02 bits per heavy atom. The van der Waals surface area contributed by atoms with Crippen LogP contribution >= 0.6 is 0 Å². The number of nitrogens with one attached hydrogen (secondary N) is 2. The van der Waals surface area contributed by atoms with Crippen LogP contribution in [0.3, 0.4) is 0 Å². The van der Waals surface area contributed by atoms with Crippen molar-refractivity contribution in [2.75, 3.05) is 26.7 Å². The molecule has 7 unspecified atom stereocenters. The molecule has 0 aliphatic heterocycles. The molecule has 11 nitrogen and oxygen atoms in total. The maximum Gasteiger partial charge on any atom is 0.227 e. The van der Waals surface area contributed by atoms with Gasteiger partial charge in [0.2, 0.25) is 27.7 Å². The third-order valence-corrected chi connectivity index (χ3v) is 11.8. The predicted molar refractivity (Wildman–Crippen MR) is 172 cm³/mol. The van der Waals surface area contributed by atoms with Crippen LogP contribution in [0.15, 0.2) is 0 Å². The van der Waals surface area contributed by atoms with E-state index in [-0.39, 0.29) is 57.4 Å². The molecule has 0 saturated heterocycles. The number of amides is 3. The Morgan fingerprint density at radius 2 is 1.46 bits per heavy atom. The first-order chi connectivity index (χ1) is 21.7. The molecule has 7 atom stereocenters. The number of alkyl halides is 2. The predicted octanol–water partition coefficient (Wildman–Crippen LogP) is 2.96. The van der Waals surface area contributed by atoms with Crippen LogP contribution in [0.25, 0.3) is 0 Å². The van der Waals surface area contributed by atoms with E-state index in [9.17, 15) is 36.7 Å². The van der Waals surface area contributed by atoms with Crippen molar-refractivity contribution in [3.63, 3.8) is 0 Å². The molecule has 3 aliphatic carbocycles. The van der Waals surface area contributed by atoms with Crippen LogP contribution in [0, 0.1) is 23.7 Å². The van der Waals surface area contributed by atoms with Crippen LogP contribution < -0.4 is 15.9 Å². The van der Waals surface area contributed by atoms with Crippen molar-refractivity contribution >= 4 is 27.7 Å². The summed E-state index contributed by atoms with van der Waals surface area (Å²) in [6.07, 6.45) is 2.11. The fraction of sp³-hybridized carbons (Fsp3) is 0.906. The molecule has 0 aromatic carbocycles. The van der Waals surface area contributed by atoms with Crippen LogP contribution in [0.5, 0.6) is 0 Å². The quantitative estimate of drug-likeness (QED) is 0.183. The molecule has 46 heavy (non-hydrogen) atoms. The molecule has 3 amide bonds. The maximum atomic E-state index is 14.3. The Balaban J connectivity index is 1.76. The Morgan fingerprint density at radius 1 is 0.891 bits per heavy atom. The van der Waals surface area contributed by atoms with Gasteiger partial charge in [-0.25, -0.2) is 22.2 Å². The van der Waals surface area contributed by atoms with E-state index in [4.69, 9.17) is 5.73 Å². The summed E-state index contributed by atoms with van der Waals surface area (Å²) in [5, 5.41) is 15.0. The lowest BCUT2D eigenvalue weighted by Crippen LogP contribution is -2.54. The van der Waals surface area contributed by atoms with Crippen LogP contribution in [-0.2, 0) is 24.4 Å². The van der Waals surface area contributed by atoms with E-state index in [2.05, 4.69) is 10.1 Å². The highest BCUT2D eigenvalue weighted by Crippen LogP contribution is 2.36. The zero-order valence-corrected chi connectivity index (χ0v) is 28.7. The first-order valence-electron chi connectivity index (χ1n) is 17.3. The molecular weight excluding hydrogens is 620 g/mol. The number of rotatable bonds is 16. The van der Waals surface area contributed by atoms with E-state index in [1.807, 2.05) is 13.8 Å². The monoisotopic (exact) mass is 677 g/mol. The molecule has 0 spiro atoms. The van der Waals surface area contributed by atoms with Gasteiger partial charge in [-0.2, -0.15) is 0 Å². The van der Waals surface area contributed by atoms with Crippen molar-refractivity contribution in [1.82, 2.24) is 20.1 Å². The number of likely N-dealkylation sites (N-methyl/N-ethyl adjacent to an activating group) is 1. The van der Waals surface area contributed by atoms with Crippen LogP contribution in [-0.4, -0.2) is 97.6 Å². The molecule has 3 fully saturated rings. The van der Waals surface area contributed by atoms with Gasteiger partial charge in [-0.05, 0) is 70.1 Å². The summed E-state index contributed by atoms with van der Waals surface area (Å²) >= 11 is 0. The minimum atomic E-state index is -3.68. The average Bonchev–Trinajstić information content (AvgIpc) is 2.99. The largest absolute Gasteiger partial charge is 0.390 e. The summed E-state index contributed by atoms with van der Waals surface area (Å²) in [5.74, 6) is -3.59. The second-order valence-electron chi connectivity index (χ2n) is 14.0. The number of hydrogen-bond donors (Lipinski definition) is 4. The van der Waals surface area contributed by atoms with Gasteiger partial charge in [0.25, 0.3) is 0 Å². The molecule has 3 aliphatic rings. The highest BCUT2D eigenvalue weighted by atomic mass is 32.2. The number of nitrogens with two attached hydrogens (primary N) is 1. The van der Waals surface area contributed by atoms with E-state index in [1.54, 1.807) is 4.90 Å². The van der Waals surface area contributed by atoms with Crippen LogP contribution in [0.2, 0.25) is 0 Å². The molecule has 3 rings (SSSR count). The van der Waals surface area contributed by atoms with Gasteiger partial charge >= 0.3 is 0 Å². The van der Waals surface area contributed by atoms with Gasteiger partial charge in [0.15, 0.2) is 0 Å². The highest BCUT2D eigenvalue weighted by molar-refractivity contribution is 7.90. The summed E-state index contributed by atoms with van der Waals surface area (Å²) in [7, 11) is -2.19. The number of carbonyl (C=O) groups excluding carboxylic acids is 3. The fourth-order valence-corrected chi connectivity index (χ4v) is 9.28. The SMILES string of the molecule is CCCN(CCC)C(=O)C1CC(C(N)=O)CC(C(=O)NC(CC2CC(F)CC(F)C2)C(O)CN(C)NS(=O)(=O)C2CCCCC2)C1. The van der Waals surface area contributed by atoms with E-state index < -0.39 is 75.2 Å². The molecule has 0 bridgehead atoms. The van der Waals surface area contributed by atoms with Crippen LogP contribution in [0.1, 0.15) is 104 Å². The number of halogens is 2. The number of aliphatic hydroxyl groups is 1. The van der Waals surface area contributed by atoms with Gasteiger partial charge in [-0.15, -0.1) is 4.83 Å².